The van der Waals surface area contributed by atoms with Crippen LogP contribution in [0.15, 0.2) is 6.20 Å². The Hall–Kier alpha value is -1.92. The molecule has 0 fully saturated rings. The first-order valence-electron chi connectivity index (χ1n) is 4.22. The number of alkyl halides is 2. The molecule has 1 rings (SSSR count). The average Bonchev–Trinajstić information content (AvgIpc) is 2.16. The minimum atomic E-state index is -2.99. The Balaban J connectivity index is 3.28. The van der Waals surface area contributed by atoms with Crippen molar-refractivity contribution in [2.75, 3.05) is 7.11 Å². The molecule has 5 nitrogen and oxygen atoms in total. The first-order chi connectivity index (χ1) is 7.47. The van der Waals surface area contributed by atoms with Gasteiger partial charge < -0.3 is 14.9 Å². The standard InChI is InChI=1S/C9H9F2NO4/c1-16-9-7(15)6(8(10)11)4(3-12-9)2-5(13)14/h3,8,15H,2H2,1H3,(H,13,14). The lowest BCUT2D eigenvalue weighted by Gasteiger charge is -2.11. The number of carboxylic acids is 1. The zero-order valence-electron chi connectivity index (χ0n) is 8.28. The minimum Gasteiger partial charge on any atom is -0.503 e. The number of methoxy groups -OCH3 is 1. The third kappa shape index (κ3) is 2.36. The van der Waals surface area contributed by atoms with Gasteiger partial charge in [-0.15, -0.1) is 0 Å². The van der Waals surface area contributed by atoms with Gasteiger partial charge in [-0.25, -0.2) is 13.8 Å². The van der Waals surface area contributed by atoms with Crippen molar-refractivity contribution in [3.8, 4) is 11.6 Å². The summed E-state index contributed by atoms with van der Waals surface area (Å²) >= 11 is 0. The van der Waals surface area contributed by atoms with Crippen LogP contribution in [0.25, 0.3) is 0 Å². The molecule has 2 N–H and O–H groups in total. The Morgan fingerprint density at radius 2 is 2.25 bits per heavy atom. The summed E-state index contributed by atoms with van der Waals surface area (Å²) in [5.74, 6) is -2.46. The van der Waals surface area contributed by atoms with Crippen molar-refractivity contribution in [3.05, 3.63) is 17.3 Å². The van der Waals surface area contributed by atoms with Gasteiger partial charge in [-0.3, -0.25) is 4.79 Å². The van der Waals surface area contributed by atoms with Crippen LogP contribution in [0, 0.1) is 0 Å². The van der Waals surface area contributed by atoms with E-state index in [1.54, 1.807) is 0 Å². The van der Waals surface area contributed by atoms with E-state index in [4.69, 9.17) is 5.11 Å². The van der Waals surface area contributed by atoms with Gasteiger partial charge in [0, 0.05) is 6.20 Å². The average molecular weight is 233 g/mol. The second-order valence-electron chi connectivity index (χ2n) is 2.93. The molecule has 0 radical (unpaired) electrons. The fourth-order valence-electron chi connectivity index (χ4n) is 1.23. The zero-order chi connectivity index (χ0) is 12.3. The molecule has 0 aliphatic heterocycles. The summed E-state index contributed by atoms with van der Waals surface area (Å²) in [5, 5.41) is 17.9. The number of carboxylic acid groups (broad SMARTS) is 1. The number of ether oxygens (including phenoxy) is 1. The summed E-state index contributed by atoms with van der Waals surface area (Å²) in [5.41, 5.74) is -0.991. The topological polar surface area (TPSA) is 79.7 Å². The van der Waals surface area contributed by atoms with Gasteiger partial charge in [-0.05, 0) is 5.56 Å². The van der Waals surface area contributed by atoms with Crippen LogP contribution in [0.2, 0.25) is 0 Å². The van der Waals surface area contributed by atoms with Crippen molar-refractivity contribution in [3.63, 3.8) is 0 Å². The van der Waals surface area contributed by atoms with E-state index in [0.717, 1.165) is 13.3 Å². The van der Waals surface area contributed by atoms with Crippen LogP contribution in [0.4, 0.5) is 8.78 Å². The highest BCUT2D eigenvalue weighted by Gasteiger charge is 2.23. The third-order valence-electron chi connectivity index (χ3n) is 1.89. The first kappa shape index (κ1) is 12.2. The van der Waals surface area contributed by atoms with Crippen LogP contribution in [-0.4, -0.2) is 28.3 Å². The lowest BCUT2D eigenvalue weighted by molar-refractivity contribution is -0.136. The van der Waals surface area contributed by atoms with Crippen LogP contribution in [0.1, 0.15) is 17.6 Å². The summed E-state index contributed by atoms with van der Waals surface area (Å²) in [7, 11) is 1.16. The van der Waals surface area contributed by atoms with Gasteiger partial charge in [0.1, 0.15) is 0 Å². The largest absolute Gasteiger partial charge is 0.503 e. The molecule has 0 spiro atoms. The number of aromatic hydroxyl groups is 1. The fraction of sp³-hybridized carbons (Fsp3) is 0.333. The molecule has 0 saturated carbocycles. The predicted molar refractivity (Wildman–Crippen MR) is 48.8 cm³/mol. The highest BCUT2D eigenvalue weighted by Crippen LogP contribution is 2.36. The van der Waals surface area contributed by atoms with Crippen molar-refractivity contribution in [2.45, 2.75) is 12.8 Å². The lowest BCUT2D eigenvalue weighted by atomic mass is 10.1. The Kier molecular flexibility index (Phi) is 3.60. The maximum absolute atomic E-state index is 12.6. The number of hydrogen-bond acceptors (Lipinski definition) is 4. The van der Waals surface area contributed by atoms with Crippen molar-refractivity contribution in [1.82, 2.24) is 4.98 Å². The van der Waals surface area contributed by atoms with Crippen LogP contribution >= 0.6 is 0 Å². The van der Waals surface area contributed by atoms with Crippen LogP contribution in [0.3, 0.4) is 0 Å². The quantitative estimate of drug-likeness (QED) is 0.820. The number of aromatic nitrogens is 1. The SMILES string of the molecule is COc1ncc(CC(=O)O)c(C(F)F)c1O. The Labute approximate surface area is 89.3 Å². The molecule has 0 saturated heterocycles. The van der Waals surface area contributed by atoms with Gasteiger partial charge in [0.05, 0.1) is 19.1 Å². The van der Waals surface area contributed by atoms with Gasteiger partial charge in [0.2, 0.25) is 0 Å². The summed E-state index contributed by atoms with van der Waals surface area (Å²) in [4.78, 5) is 13.9. The summed E-state index contributed by atoms with van der Waals surface area (Å²) < 4.78 is 29.8. The van der Waals surface area contributed by atoms with Crippen LogP contribution in [0.5, 0.6) is 11.6 Å². The van der Waals surface area contributed by atoms with E-state index >= 15 is 0 Å². The number of carbonyl (C=O) groups is 1. The van der Waals surface area contributed by atoms with Gasteiger partial charge in [-0.1, -0.05) is 0 Å². The molecule has 0 bridgehead atoms. The Morgan fingerprint density at radius 1 is 1.62 bits per heavy atom. The van der Waals surface area contributed by atoms with Gasteiger partial charge in [0.25, 0.3) is 12.3 Å². The summed E-state index contributed by atoms with van der Waals surface area (Å²) in [6.45, 7) is 0. The van der Waals surface area contributed by atoms with E-state index in [0.29, 0.717) is 0 Å². The summed E-state index contributed by atoms with van der Waals surface area (Å²) in [6, 6.07) is 0. The van der Waals surface area contributed by atoms with Crippen molar-refractivity contribution < 1.29 is 28.5 Å². The van der Waals surface area contributed by atoms with Crippen molar-refractivity contribution >= 4 is 5.97 Å². The number of halogens is 2. The normalized spacial score (nSPS) is 10.5. The molecule has 1 heterocycles. The molecular weight excluding hydrogens is 224 g/mol. The number of pyridine rings is 1. The molecule has 0 atom stereocenters. The molecule has 0 aliphatic carbocycles. The highest BCUT2D eigenvalue weighted by atomic mass is 19.3. The first-order valence-corrected chi connectivity index (χ1v) is 4.22. The van der Waals surface area contributed by atoms with Crippen LogP contribution < -0.4 is 4.74 Å². The van der Waals surface area contributed by atoms with E-state index < -0.39 is 30.1 Å². The number of aliphatic carboxylic acids is 1. The van der Waals surface area contributed by atoms with Gasteiger partial charge in [0.15, 0.2) is 5.75 Å². The molecule has 88 valence electrons. The van der Waals surface area contributed by atoms with Crippen molar-refractivity contribution in [1.29, 1.82) is 0 Å². The van der Waals surface area contributed by atoms with Gasteiger partial charge in [-0.2, -0.15) is 0 Å². The van der Waals surface area contributed by atoms with Gasteiger partial charge >= 0.3 is 5.97 Å². The maximum Gasteiger partial charge on any atom is 0.307 e. The van der Waals surface area contributed by atoms with Crippen molar-refractivity contribution in [2.24, 2.45) is 0 Å². The monoisotopic (exact) mass is 233 g/mol. The zero-order valence-corrected chi connectivity index (χ0v) is 8.28. The molecule has 0 unspecified atom stereocenters. The molecule has 0 aromatic carbocycles. The lowest BCUT2D eigenvalue weighted by Crippen LogP contribution is -2.06. The number of hydrogen-bond donors (Lipinski definition) is 2. The Morgan fingerprint density at radius 3 is 2.69 bits per heavy atom. The molecule has 1 aromatic heterocycles. The number of rotatable bonds is 4. The van der Waals surface area contributed by atoms with Crippen LogP contribution in [-0.2, 0) is 11.2 Å². The fourth-order valence-corrected chi connectivity index (χ4v) is 1.23. The second-order valence-corrected chi connectivity index (χ2v) is 2.93. The second kappa shape index (κ2) is 4.73. The third-order valence-corrected chi connectivity index (χ3v) is 1.89. The molecule has 7 heteroatoms. The predicted octanol–water partition coefficient (Wildman–Crippen LogP) is 1.36. The van der Waals surface area contributed by atoms with E-state index in [2.05, 4.69) is 9.72 Å². The molecule has 0 aliphatic rings. The molecule has 1 aromatic rings. The summed E-state index contributed by atoms with van der Waals surface area (Å²) in [6.07, 6.45) is -2.68. The van der Waals surface area contributed by atoms with E-state index in [-0.39, 0.29) is 11.4 Å². The van der Waals surface area contributed by atoms with E-state index in [1.165, 1.54) is 0 Å². The maximum atomic E-state index is 12.6. The molecular formula is C9H9F2NO4. The minimum absolute atomic E-state index is 0.235. The van der Waals surface area contributed by atoms with E-state index in [9.17, 15) is 18.7 Å². The highest BCUT2D eigenvalue weighted by molar-refractivity contribution is 5.71. The molecule has 16 heavy (non-hydrogen) atoms. The Bertz CT molecular complexity index is 409. The smallest absolute Gasteiger partial charge is 0.307 e. The molecule has 0 amide bonds. The number of nitrogens with zero attached hydrogens (tertiary/aromatic N) is 1. The van der Waals surface area contributed by atoms with E-state index in [1.807, 2.05) is 0 Å².